The Hall–Kier alpha value is -0.340. The summed E-state index contributed by atoms with van der Waals surface area (Å²) in [6.07, 6.45) is 2.20. The fourth-order valence-electron chi connectivity index (χ4n) is 1.56. The van der Waals surface area contributed by atoms with E-state index in [0.29, 0.717) is 5.92 Å². The van der Waals surface area contributed by atoms with Gasteiger partial charge in [-0.1, -0.05) is 20.8 Å². The topological polar surface area (TPSA) is 20.2 Å². The first-order valence-corrected chi connectivity index (χ1v) is 6.08. The van der Waals surface area contributed by atoms with E-state index in [2.05, 4.69) is 32.9 Å². The van der Waals surface area contributed by atoms with Crippen LogP contribution >= 0.6 is 11.3 Å². The third-order valence-corrected chi connectivity index (χ3v) is 4.31. The fraction of sp³-hybridized carbons (Fsp3) is 0.667. The summed E-state index contributed by atoms with van der Waals surface area (Å²) in [5.41, 5.74) is 0.214. The zero-order valence-electron chi connectivity index (χ0n) is 9.08. The number of aliphatic hydroxyl groups is 1. The van der Waals surface area contributed by atoms with E-state index in [1.165, 1.54) is 17.7 Å². The van der Waals surface area contributed by atoms with Crippen molar-refractivity contribution in [3.63, 3.8) is 0 Å². The first-order chi connectivity index (χ1) is 6.48. The number of aliphatic hydroxyl groups excluding tert-OH is 1. The highest BCUT2D eigenvalue weighted by molar-refractivity contribution is 7.12. The molecule has 1 aromatic rings. The predicted molar refractivity (Wildman–Crippen MR) is 60.7 cm³/mol. The summed E-state index contributed by atoms with van der Waals surface area (Å²) in [5.74, 6) is 0.543. The van der Waals surface area contributed by atoms with Gasteiger partial charge < -0.3 is 5.11 Å². The van der Waals surface area contributed by atoms with Crippen molar-refractivity contribution in [2.75, 3.05) is 0 Å². The molecule has 1 heterocycles. The monoisotopic (exact) mass is 210 g/mol. The van der Waals surface area contributed by atoms with Crippen molar-refractivity contribution in [2.45, 2.75) is 45.1 Å². The SMILES string of the molecule is CC(C)(C)c1ccc(C(O)C2CC2)s1. The van der Waals surface area contributed by atoms with Crippen molar-refractivity contribution in [2.24, 2.45) is 5.92 Å². The average molecular weight is 210 g/mol. The van der Waals surface area contributed by atoms with E-state index in [0.717, 1.165) is 4.88 Å². The molecule has 0 spiro atoms. The summed E-state index contributed by atoms with van der Waals surface area (Å²) in [4.78, 5) is 2.52. The van der Waals surface area contributed by atoms with Crippen molar-refractivity contribution >= 4 is 11.3 Å². The molecule has 1 aromatic heterocycles. The lowest BCUT2D eigenvalue weighted by molar-refractivity contribution is 0.157. The number of hydrogen-bond donors (Lipinski definition) is 1. The van der Waals surface area contributed by atoms with Gasteiger partial charge in [0.05, 0.1) is 6.10 Å². The summed E-state index contributed by atoms with van der Waals surface area (Å²) < 4.78 is 0. The first-order valence-electron chi connectivity index (χ1n) is 5.27. The molecule has 0 radical (unpaired) electrons. The van der Waals surface area contributed by atoms with Crippen molar-refractivity contribution in [1.82, 2.24) is 0 Å². The molecular formula is C12H18OS. The van der Waals surface area contributed by atoms with Gasteiger partial charge in [0, 0.05) is 9.75 Å². The summed E-state index contributed by atoms with van der Waals surface area (Å²) in [5, 5.41) is 9.95. The van der Waals surface area contributed by atoms with E-state index in [1.54, 1.807) is 11.3 Å². The van der Waals surface area contributed by atoms with Crippen LogP contribution in [0, 0.1) is 5.92 Å². The molecule has 2 heteroatoms. The van der Waals surface area contributed by atoms with Crippen LogP contribution in [0.3, 0.4) is 0 Å². The van der Waals surface area contributed by atoms with Crippen molar-refractivity contribution in [3.05, 3.63) is 21.9 Å². The lowest BCUT2D eigenvalue weighted by atomic mass is 9.95. The molecule has 0 amide bonds. The standard InChI is InChI=1S/C12H18OS/c1-12(2,3)10-7-6-9(14-10)11(13)8-4-5-8/h6-8,11,13H,4-5H2,1-3H3. The van der Waals surface area contributed by atoms with E-state index in [9.17, 15) is 5.11 Å². The van der Waals surface area contributed by atoms with Gasteiger partial charge >= 0.3 is 0 Å². The van der Waals surface area contributed by atoms with Gasteiger partial charge in [0.2, 0.25) is 0 Å². The normalized spacial score (nSPS) is 19.7. The van der Waals surface area contributed by atoms with Crippen LogP contribution in [0.15, 0.2) is 12.1 Å². The van der Waals surface area contributed by atoms with Crippen LogP contribution < -0.4 is 0 Å². The summed E-state index contributed by atoms with van der Waals surface area (Å²) >= 11 is 1.77. The maximum absolute atomic E-state index is 9.95. The van der Waals surface area contributed by atoms with Gasteiger partial charge in [0.1, 0.15) is 0 Å². The Bertz CT molecular complexity index is 317. The van der Waals surface area contributed by atoms with E-state index in [1.807, 2.05) is 0 Å². The zero-order valence-corrected chi connectivity index (χ0v) is 9.90. The number of hydrogen-bond acceptors (Lipinski definition) is 2. The van der Waals surface area contributed by atoms with Gasteiger partial charge in [-0.15, -0.1) is 11.3 Å². The predicted octanol–water partition coefficient (Wildman–Crippen LogP) is 3.49. The zero-order chi connectivity index (χ0) is 10.3. The van der Waals surface area contributed by atoms with Gasteiger partial charge in [0.15, 0.2) is 0 Å². The molecule has 78 valence electrons. The van der Waals surface area contributed by atoms with Gasteiger partial charge in [-0.25, -0.2) is 0 Å². The quantitative estimate of drug-likeness (QED) is 0.792. The second kappa shape index (κ2) is 3.35. The van der Waals surface area contributed by atoms with E-state index in [-0.39, 0.29) is 11.5 Å². The minimum Gasteiger partial charge on any atom is -0.387 e. The van der Waals surface area contributed by atoms with Crippen molar-refractivity contribution in [1.29, 1.82) is 0 Å². The Morgan fingerprint density at radius 1 is 1.36 bits per heavy atom. The molecule has 14 heavy (non-hydrogen) atoms. The Labute approximate surface area is 89.8 Å². The molecule has 1 nitrogen and oxygen atoms in total. The Morgan fingerprint density at radius 2 is 2.00 bits per heavy atom. The fourth-order valence-corrected chi connectivity index (χ4v) is 2.70. The second-order valence-corrected chi connectivity index (χ2v) is 6.35. The van der Waals surface area contributed by atoms with Crippen LogP contribution in [-0.2, 0) is 5.41 Å². The molecule has 0 aromatic carbocycles. The van der Waals surface area contributed by atoms with Gasteiger partial charge in [-0.2, -0.15) is 0 Å². The molecule has 0 saturated heterocycles. The van der Waals surface area contributed by atoms with Crippen LogP contribution in [0.4, 0.5) is 0 Å². The van der Waals surface area contributed by atoms with Crippen LogP contribution in [0.5, 0.6) is 0 Å². The van der Waals surface area contributed by atoms with Crippen LogP contribution in [0.1, 0.15) is 49.5 Å². The summed E-state index contributed by atoms with van der Waals surface area (Å²) in [6, 6.07) is 4.25. The minimum atomic E-state index is -0.198. The maximum Gasteiger partial charge on any atom is 0.0910 e. The van der Waals surface area contributed by atoms with Crippen LogP contribution in [-0.4, -0.2) is 5.11 Å². The van der Waals surface area contributed by atoms with Crippen molar-refractivity contribution in [3.8, 4) is 0 Å². The molecule has 1 N–H and O–H groups in total. The average Bonchev–Trinajstić information content (AvgIpc) is 2.79. The molecular weight excluding hydrogens is 192 g/mol. The third-order valence-electron chi connectivity index (χ3n) is 2.73. The highest BCUT2D eigenvalue weighted by Gasteiger charge is 2.32. The van der Waals surface area contributed by atoms with Gasteiger partial charge in [-0.05, 0) is 36.3 Å². The Kier molecular flexibility index (Phi) is 2.44. The van der Waals surface area contributed by atoms with Crippen LogP contribution in [0.2, 0.25) is 0 Å². The van der Waals surface area contributed by atoms with Crippen LogP contribution in [0.25, 0.3) is 0 Å². The highest BCUT2D eigenvalue weighted by atomic mass is 32.1. The van der Waals surface area contributed by atoms with Gasteiger partial charge in [0.25, 0.3) is 0 Å². The number of thiophene rings is 1. The largest absolute Gasteiger partial charge is 0.387 e. The highest BCUT2D eigenvalue weighted by Crippen LogP contribution is 2.43. The Balaban J connectivity index is 2.16. The Morgan fingerprint density at radius 3 is 2.43 bits per heavy atom. The lowest BCUT2D eigenvalue weighted by Gasteiger charge is -2.15. The molecule has 1 saturated carbocycles. The third kappa shape index (κ3) is 2.01. The molecule has 1 aliphatic carbocycles. The maximum atomic E-state index is 9.95. The molecule has 2 rings (SSSR count). The van der Waals surface area contributed by atoms with E-state index < -0.39 is 0 Å². The van der Waals surface area contributed by atoms with E-state index >= 15 is 0 Å². The second-order valence-electron chi connectivity index (χ2n) is 5.23. The smallest absolute Gasteiger partial charge is 0.0910 e. The van der Waals surface area contributed by atoms with Gasteiger partial charge in [-0.3, -0.25) is 0 Å². The number of rotatable bonds is 2. The molecule has 1 fully saturated rings. The van der Waals surface area contributed by atoms with E-state index in [4.69, 9.17) is 0 Å². The minimum absolute atomic E-state index is 0.198. The summed E-state index contributed by atoms with van der Waals surface area (Å²) in [7, 11) is 0. The summed E-state index contributed by atoms with van der Waals surface area (Å²) in [6.45, 7) is 6.64. The molecule has 0 aliphatic heterocycles. The molecule has 0 bridgehead atoms. The van der Waals surface area contributed by atoms with Crippen molar-refractivity contribution < 1.29 is 5.11 Å². The molecule has 1 atom stereocenters. The lowest BCUT2D eigenvalue weighted by Crippen LogP contribution is -2.07. The molecule has 1 unspecified atom stereocenters. The molecule has 1 aliphatic rings. The first kappa shape index (κ1) is 10.2.